The molecule has 0 aliphatic carbocycles. The Balaban J connectivity index is 1.40. The van der Waals surface area contributed by atoms with E-state index < -0.39 is 0 Å². The predicted octanol–water partition coefficient (Wildman–Crippen LogP) is 4.01. The summed E-state index contributed by atoms with van der Waals surface area (Å²) in [7, 11) is 0. The summed E-state index contributed by atoms with van der Waals surface area (Å²) in [5.41, 5.74) is 2.22. The van der Waals surface area contributed by atoms with Gasteiger partial charge < -0.3 is 10.6 Å². The van der Waals surface area contributed by atoms with Crippen molar-refractivity contribution in [2.75, 3.05) is 11.9 Å². The van der Waals surface area contributed by atoms with Crippen molar-refractivity contribution in [2.45, 2.75) is 12.8 Å². The second-order valence-corrected chi connectivity index (χ2v) is 6.99. The van der Waals surface area contributed by atoms with Crippen LogP contribution in [0, 0.1) is 0 Å². The average molecular weight is 401 g/mol. The molecule has 2 N–H and O–H groups in total. The van der Waals surface area contributed by atoms with Crippen LogP contribution in [-0.2, 0) is 4.79 Å². The third-order valence-electron chi connectivity index (χ3n) is 3.68. The minimum Gasteiger partial charge on any atom is -0.352 e. The number of amides is 2. The largest absolute Gasteiger partial charge is 0.352 e. The fourth-order valence-electron chi connectivity index (χ4n) is 2.31. The van der Waals surface area contributed by atoms with E-state index in [0.717, 1.165) is 11.3 Å². The monoisotopic (exact) mass is 400 g/mol. The van der Waals surface area contributed by atoms with Crippen molar-refractivity contribution in [3.05, 3.63) is 64.8 Å². The van der Waals surface area contributed by atoms with Crippen LogP contribution in [0.15, 0.2) is 54.2 Å². The highest BCUT2D eigenvalue weighted by Crippen LogP contribution is 2.24. The number of carbonyl (C=O) groups excluding carboxylic acids is 2. The predicted molar refractivity (Wildman–Crippen MR) is 107 cm³/mol. The van der Waals surface area contributed by atoms with Crippen molar-refractivity contribution in [1.82, 2.24) is 15.3 Å². The highest BCUT2D eigenvalue weighted by molar-refractivity contribution is 7.14. The van der Waals surface area contributed by atoms with Crippen LogP contribution in [0.4, 0.5) is 5.13 Å². The standard InChI is InChI=1S/C19H17ClN4O2S/c20-15-7-5-13(6-8-15)18(26)22-10-2-4-17(25)24-19-23-16(12-27-19)14-3-1-9-21-11-14/h1,3,5-9,11-12H,2,4,10H2,(H,22,26)(H,23,24,25). The zero-order chi connectivity index (χ0) is 19.1. The van der Waals surface area contributed by atoms with E-state index >= 15 is 0 Å². The molecular weight excluding hydrogens is 384 g/mol. The van der Waals surface area contributed by atoms with E-state index in [-0.39, 0.29) is 11.8 Å². The molecule has 27 heavy (non-hydrogen) atoms. The molecule has 1 aromatic carbocycles. The lowest BCUT2D eigenvalue weighted by Crippen LogP contribution is -2.25. The highest BCUT2D eigenvalue weighted by Gasteiger charge is 2.09. The number of thiazole rings is 1. The summed E-state index contributed by atoms with van der Waals surface area (Å²) in [6, 6.07) is 10.4. The lowest BCUT2D eigenvalue weighted by atomic mass is 10.2. The Morgan fingerprint density at radius 1 is 1.15 bits per heavy atom. The normalized spacial score (nSPS) is 10.4. The van der Waals surface area contributed by atoms with Gasteiger partial charge in [0.25, 0.3) is 5.91 Å². The molecule has 0 saturated carbocycles. The van der Waals surface area contributed by atoms with E-state index in [4.69, 9.17) is 11.6 Å². The molecule has 138 valence electrons. The summed E-state index contributed by atoms with van der Waals surface area (Å²) in [6.45, 7) is 0.410. The number of rotatable bonds is 7. The van der Waals surface area contributed by atoms with Crippen molar-refractivity contribution in [3.63, 3.8) is 0 Å². The zero-order valence-electron chi connectivity index (χ0n) is 14.3. The lowest BCUT2D eigenvalue weighted by molar-refractivity contribution is -0.116. The summed E-state index contributed by atoms with van der Waals surface area (Å²) in [4.78, 5) is 32.4. The van der Waals surface area contributed by atoms with Crippen molar-refractivity contribution in [1.29, 1.82) is 0 Å². The Hall–Kier alpha value is -2.77. The molecule has 2 amide bonds. The Labute approximate surface area is 165 Å². The Bertz CT molecular complexity index is 913. The third-order valence-corrected chi connectivity index (χ3v) is 4.69. The molecule has 0 fully saturated rings. The zero-order valence-corrected chi connectivity index (χ0v) is 15.9. The summed E-state index contributed by atoms with van der Waals surface area (Å²) < 4.78 is 0. The fraction of sp³-hybridized carbons (Fsp3) is 0.158. The molecular formula is C19H17ClN4O2S. The van der Waals surface area contributed by atoms with Crippen LogP contribution in [0.3, 0.4) is 0 Å². The lowest BCUT2D eigenvalue weighted by Gasteiger charge is -2.05. The molecule has 2 aromatic heterocycles. The maximum Gasteiger partial charge on any atom is 0.251 e. The van der Waals surface area contributed by atoms with Crippen molar-refractivity contribution in [2.24, 2.45) is 0 Å². The van der Waals surface area contributed by atoms with Crippen LogP contribution >= 0.6 is 22.9 Å². The van der Waals surface area contributed by atoms with Crippen LogP contribution in [0.1, 0.15) is 23.2 Å². The number of anilines is 1. The van der Waals surface area contributed by atoms with Crippen LogP contribution in [0.25, 0.3) is 11.3 Å². The molecule has 2 heterocycles. The maximum atomic E-state index is 12.0. The number of hydrogen-bond acceptors (Lipinski definition) is 5. The van der Waals surface area contributed by atoms with Gasteiger partial charge in [-0.3, -0.25) is 14.6 Å². The van der Waals surface area contributed by atoms with E-state index in [9.17, 15) is 9.59 Å². The van der Waals surface area contributed by atoms with Gasteiger partial charge in [-0.1, -0.05) is 11.6 Å². The van der Waals surface area contributed by atoms with E-state index in [1.165, 1.54) is 11.3 Å². The highest BCUT2D eigenvalue weighted by atomic mass is 35.5. The van der Waals surface area contributed by atoms with Gasteiger partial charge in [-0.05, 0) is 42.8 Å². The van der Waals surface area contributed by atoms with Gasteiger partial charge in [-0.25, -0.2) is 4.98 Å². The van der Waals surface area contributed by atoms with Gasteiger partial charge in [-0.15, -0.1) is 11.3 Å². The van der Waals surface area contributed by atoms with Crippen LogP contribution in [-0.4, -0.2) is 28.3 Å². The number of nitrogens with one attached hydrogen (secondary N) is 2. The first-order valence-corrected chi connectivity index (χ1v) is 9.57. The Morgan fingerprint density at radius 2 is 1.96 bits per heavy atom. The van der Waals surface area contributed by atoms with Crippen LogP contribution < -0.4 is 10.6 Å². The number of nitrogens with zero attached hydrogens (tertiary/aromatic N) is 2. The van der Waals surface area contributed by atoms with Crippen molar-refractivity contribution >= 4 is 39.9 Å². The first-order chi connectivity index (χ1) is 13.1. The fourth-order valence-corrected chi connectivity index (χ4v) is 3.18. The van der Waals surface area contributed by atoms with Crippen LogP contribution in [0.2, 0.25) is 5.02 Å². The maximum absolute atomic E-state index is 12.0. The summed E-state index contributed by atoms with van der Waals surface area (Å²) in [5.74, 6) is -0.323. The summed E-state index contributed by atoms with van der Waals surface area (Å²) in [5, 5.41) is 8.56. The van der Waals surface area contributed by atoms with Crippen molar-refractivity contribution in [3.8, 4) is 11.3 Å². The molecule has 0 atom stereocenters. The van der Waals surface area contributed by atoms with Gasteiger partial charge in [0.2, 0.25) is 5.91 Å². The van der Waals surface area contributed by atoms with Crippen molar-refractivity contribution < 1.29 is 9.59 Å². The van der Waals surface area contributed by atoms with Gasteiger partial charge in [0.1, 0.15) is 0 Å². The first kappa shape index (κ1) is 19.0. The number of benzene rings is 1. The summed E-state index contributed by atoms with van der Waals surface area (Å²) in [6.07, 6.45) is 4.25. The van der Waals surface area contributed by atoms with E-state index in [0.29, 0.717) is 35.1 Å². The molecule has 0 spiro atoms. The molecule has 0 bridgehead atoms. The average Bonchev–Trinajstić information content (AvgIpc) is 3.15. The van der Waals surface area contributed by atoms with E-state index in [1.54, 1.807) is 36.7 Å². The Morgan fingerprint density at radius 3 is 2.70 bits per heavy atom. The number of carbonyl (C=O) groups is 2. The minimum atomic E-state index is -0.187. The topological polar surface area (TPSA) is 84.0 Å². The number of aromatic nitrogens is 2. The number of halogens is 1. The quantitative estimate of drug-likeness (QED) is 0.587. The molecule has 0 saturated heterocycles. The Kier molecular flexibility index (Phi) is 6.51. The molecule has 0 aliphatic rings. The first-order valence-electron chi connectivity index (χ1n) is 8.31. The number of hydrogen-bond donors (Lipinski definition) is 2. The van der Waals surface area contributed by atoms with E-state index in [2.05, 4.69) is 20.6 Å². The van der Waals surface area contributed by atoms with E-state index in [1.807, 2.05) is 17.5 Å². The molecule has 8 heteroatoms. The molecule has 0 unspecified atom stereocenters. The van der Waals surface area contributed by atoms with Gasteiger partial charge in [0.05, 0.1) is 5.69 Å². The molecule has 0 radical (unpaired) electrons. The minimum absolute atomic E-state index is 0.136. The molecule has 3 aromatic rings. The molecule has 0 aliphatic heterocycles. The van der Waals surface area contributed by atoms with Gasteiger partial charge in [-0.2, -0.15) is 0 Å². The number of pyridine rings is 1. The third kappa shape index (κ3) is 5.60. The second-order valence-electron chi connectivity index (χ2n) is 5.69. The van der Waals surface area contributed by atoms with Crippen LogP contribution in [0.5, 0.6) is 0 Å². The van der Waals surface area contributed by atoms with Gasteiger partial charge >= 0.3 is 0 Å². The molecule has 6 nitrogen and oxygen atoms in total. The second kappa shape index (κ2) is 9.25. The SMILES string of the molecule is O=C(CCCNC(=O)c1ccc(Cl)cc1)Nc1nc(-c2cccnc2)cs1. The van der Waals surface area contributed by atoms with Gasteiger partial charge in [0.15, 0.2) is 5.13 Å². The molecule has 3 rings (SSSR count). The smallest absolute Gasteiger partial charge is 0.251 e. The van der Waals surface area contributed by atoms with Gasteiger partial charge in [0, 0.05) is 46.9 Å². The summed E-state index contributed by atoms with van der Waals surface area (Å²) >= 11 is 7.16.